The molecule has 3 N–H and O–H groups in total. The highest BCUT2D eigenvalue weighted by Gasteiger charge is 2.05. The lowest BCUT2D eigenvalue weighted by atomic mass is 10.0. The van der Waals surface area contributed by atoms with E-state index in [-0.39, 0.29) is 0 Å². The number of unbranched alkanes of at least 4 members (excludes halogenated alkanes) is 29. The van der Waals surface area contributed by atoms with Crippen LogP contribution in [0.2, 0.25) is 0 Å². The zero-order chi connectivity index (χ0) is 31.9. The van der Waals surface area contributed by atoms with E-state index in [0.717, 1.165) is 26.1 Å². The third kappa shape index (κ3) is 38.1. The topological polar surface area (TPSA) is 41.3 Å². The number of hydrogen-bond acceptors (Lipinski definition) is 3. The summed E-state index contributed by atoms with van der Waals surface area (Å²) in [5, 5.41) is 3.58. The summed E-state index contributed by atoms with van der Waals surface area (Å²) in [6.07, 6.45) is 47.4. The standard InChI is InChI=1S/C41H87N3/c1-3-5-7-9-11-13-15-17-19-21-23-25-27-29-31-33-40-44(41-35-38-43-37-34-36-42)39-32-30-28-26-24-22-20-18-16-14-12-10-8-6-4-2/h43H,3-42H2,1-2H3. The summed E-state index contributed by atoms with van der Waals surface area (Å²) < 4.78 is 0. The van der Waals surface area contributed by atoms with Gasteiger partial charge < -0.3 is 16.0 Å². The molecule has 0 heterocycles. The zero-order valence-corrected chi connectivity index (χ0v) is 31.1. The Morgan fingerprint density at radius 3 is 0.864 bits per heavy atom. The summed E-state index contributed by atoms with van der Waals surface area (Å²) in [5.41, 5.74) is 5.64. The second kappa shape index (κ2) is 40.9. The van der Waals surface area contributed by atoms with Crippen LogP contribution in [0.25, 0.3) is 0 Å². The normalized spacial score (nSPS) is 11.7. The molecular weight excluding hydrogens is 534 g/mol. The van der Waals surface area contributed by atoms with Crippen molar-refractivity contribution in [3.05, 3.63) is 0 Å². The highest BCUT2D eigenvalue weighted by Crippen LogP contribution is 2.15. The van der Waals surface area contributed by atoms with Crippen molar-refractivity contribution in [3.8, 4) is 0 Å². The highest BCUT2D eigenvalue weighted by molar-refractivity contribution is 4.62. The number of rotatable bonds is 40. The van der Waals surface area contributed by atoms with Crippen molar-refractivity contribution < 1.29 is 0 Å². The minimum Gasteiger partial charge on any atom is -0.330 e. The molecule has 0 saturated heterocycles. The smallest absolute Gasteiger partial charge is 0.000664 e. The summed E-state index contributed by atoms with van der Waals surface area (Å²) in [6.45, 7) is 11.6. The Bertz CT molecular complexity index is 482. The van der Waals surface area contributed by atoms with Crippen molar-refractivity contribution in [1.82, 2.24) is 10.2 Å². The Hall–Kier alpha value is -0.120. The van der Waals surface area contributed by atoms with Gasteiger partial charge in [-0.1, -0.05) is 200 Å². The molecule has 0 rings (SSSR count). The van der Waals surface area contributed by atoms with Crippen molar-refractivity contribution in [2.45, 2.75) is 226 Å². The average Bonchev–Trinajstić information content (AvgIpc) is 3.03. The summed E-state index contributed by atoms with van der Waals surface area (Å²) in [4.78, 5) is 2.79. The van der Waals surface area contributed by atoms with Gasteiger partial charge in [-0.2, -0.15) is 0 Å². The second-order valence-electron chi connectivity index (χ2n) is 14.3. The molecule has 0 saturated carbocycles. The lowest BCUT2D eigenvalue weighted by Crippen LogP contribution is -2.30. The monoisotopic (exact) mass is 622 g/mol. The number of nitrogens with zero attached hydrogens (tertiary/aromatic N) is 1. The van der Waals surface area contributed by atoms with Crippen molar-refractivity contribution in [3.63, 3.8) is 0 Å². The maximum Gasteiger partial charge on any atom is -0.000664 e. The molecule has 0 unspecified atom stereocenters. The van der Waals surface area contributed by atoms with Crippen LogP contribution < -0.4 is 11.1 Å². The number of hydrogen-bond donors (Lipinski definition) is 2. The minimum atomic E-state index is 0.803. The summed E-state index contributed by atoms with van der Waals surface area (Å²) in [5.74, 6) is 0. The first-order valence-corrected chi connectivity index (χ1v) is 21.0. The Kier molecular flexibility index (Phi) is 40.8. The van der Waals surface area contributed by atoms with E-state index in [2.05, 4.69) is 24.1 Å². The zero-order valence-electron chi connectivity index (χ0n) is 31.1. The van der Waals surface area contributed by atoms with E-state index in [1.165, 1.54) is 225 Å². The number of nitrogens with two attached hydrogens (primary N) is 1. The van der Waals surface area contributed by atoms with Crippen LogP contribution in [0.3, 0.4) is 0 Å². The molecule has 0 aromatic rings. The molecular formula is C41H87N3. The van der Waals surface area contributed by atoms with Gasteiger partial charge >= 0.3 is 0 Å². The van der Waals surface area contributed by atoms with E-state index in [1.54, 1.807) is 0 Å². The van der Waals surface area contributed by atoms with Gasteiger partial charge in [0.1, 0.15) is 0 Å². The van der Waals surface area contributed by atoms with E-state index in [0.29, 0.717) is 0 Å². The largest absolute Gasteiger partial charge is 0.330 e. The van der Waals surface area contributed by atoms with Gasteiger partial charge in [0.25, 0.3) is 0 Å². The Morgan fingerprint density at radius 2 is 0.568 bits per heavy atom. The summed E-state index contributed by atoms with van der Waals surface area (Å²) in [6, 6.07) is 0. The van der Waals surface area contributed by atoms with Crippen LogP contribution in [0.5, 0.6) is 0 Å². The van der Waals surface area contributed by atoms with Crippen LogP contribution in [0.15, 0.2) is 0 Å². The lowest BCUT2D eigenvalue weighted by molar-refractivity contribution is 0.256. The van der Waals surface area contributed by atoms with E-state index < -0.39 is 0 Å². The molecule has 0 aliphatic rings. The van der Waals surface area contributed by atoms with Gasteiger partial charge in [0.05, 0.1) is 0 Å². The maximum atomic E-state index is 5.64. The van der Waals surface area contributed by atoms with Crippen LogP contribution in [0.1, 0.15) is 226 Å². The molecule has 0 fully saturated rings. The van der Waals surface area contributed by atoms with E-state index in [1.807, 2.05) is 0 Å². The highest BCUT2D eigenvalue weighted by atomic mass is 15.1. The lowest BCUT2D eigenvalue weighted by Gasteiger charge is -2.22. The Labute approximate surface area is 280 Å². The molecule has 0 aliphatic heterocycles. The van der Waals surface area contributed by atoms with Gasteiger partial charge in [0.15, 0.2) is 0 Å². The molecule has 0 spiro atoms. The molecule has 3 heteroatoms. The molecule has 3 nitrogen and oxygen atoms in total. The molecule has 0 aliphatic carbocycles. The van der Waals surface area contributed by atoms with Crippen LogP contribution in [-0.2, 0) is 0 Å². The fourth-order valence-corrected chi connectivity index (χ4v) is 6.71. The second-order valence-corrected chi connectivity index (χ2v) is 14.3. The Morgan fingerprint density at radius 1 is 0.318 bits per heavy atom. The average molecular weight is 622 g/mol. The Balaban J connectivity index is 3.72. The van der Waals surface area contributed by atoms with Gasteiger partial charge in [-0.15, -0.1) is 0 Å². The van der Waals surface area contributed by atoms with Crippen LogP contribution >= 0.6 is 0 Å². The molecule has 0 amide bonds. The van der Waals surface area contributed by atoms with Crippen LogP contribution in [-0.4, -0.2) is 44.2 Å². The summed E-state index contributed by atoms with van der Waals surface area (Å²) >= 11 is 0. The van der Waals surface area contributed by atoms with Gasteiger partial charge in [0, 0.05) is 0 Å². The fraction of sp³-hybridized carbons (Fsp3) is 1.00. The van der Waals surface area contributed by atoms with Gasteiger partial charge in [-0.25, -0.2) is 0 Å². The third-order valence-corrected chi connectivity index (χ3v) is 9.79. The van der Waals surface area contributed by atoms with Crippen molar-refractivity contribution in [1.29, 1.82) is 0 Å². The first-order valence-electron chi connectivity index (χ1n) is 21.0. The maximum absolute atomic E-state index is 5.64. The van der Waals surface area contributed by atoms with Gasteiger partial charge in [0.2, 0.25) is 0 Å². The molecule has 0 aromatic carbocycles. The predicted molar refractivity (Wildman–Crippen MR) is 202 cm³/mol. The molecule has 0 aromatic heterocycles. The van der Waals surface area contributed by atoms with Gasteiger partial charge in [-0.05, 0) is 65.0 Å². The van der Waals surface area contributed by atoms with Crippen LogP contribution in [0.4, 0.5) is 0 Å². The van der Waals surface area contributed by atoms with E-state index >= 15 is 0 Å². The van der Waals surface area contributed by atoms with Gasteiger partial charge in [-0.3, -0.25) is 0 Å². The predicted octanol–water partition coefficient (Wildman–Crippen LogP) is 12.7. The molecule has 44 heavy (non-hydrogen) atoms. The molecule has 0 radical (unpaired) electrons. The SMILES string of the molecule is CCCCCCCCCCCCCCCCCCN(CCCCCCCCCCCCCCCCC)CCCNCCCN. The van der Waals surface area contributed by atoms with E-state index in [9.17, 15) is 0 Å². The first kappa shape index (κ1) is 43.9. The summed E-state index contributed by atoms with van der Waals surface area (Å²) in [7, 11) is 0. The fourth-order valence-electron chi connectivity index (χ4n) is 6.71. The molecule has 0 atom stereocenters. The quantitative estimate of drug-likeness (QED) is 0.0669. The van der Waals surface area contributed by atoms with Crippen molar-refractivity contribution in [2.75, 3.05) is 39.3 Å². The first-order chi connectivity index (χ1) is 21.8. The molecule has 0 bridgehead atoms. The van der Waals surface area contributed by atoms with E-state index in [4.69, 9.17) is 5.73 Å². The molecule has 266 valence electrons. The van der Waals surface area contributed by atoms with Crippen molar-refractivity contribution in [2.24, 2.45) is 5.73 Å². The minimum absolute atomic E-state index is 0.803. The van der Waals surface area contributed by atoms with Crippen molar-refractivity contribution >= 4 is 0 Å². The third-order valence-electron chi connectivity index (χ3n) is 9.79. The number of nitrogens with one attached hydrogen (secondary N) is 1. The van der Waals surface area contributed by atoms with Crippen LogP contribution in [0, 0.1) is 0 Å².